The van der Waals surface area contributed by atoms with Gasteiger partial charge in [0.05, 0.1) is 6.04 Å². The zero-order valence-electron chi connectivity index (χ0n) is 11.4. The van der Waals surface area contributed by atoms with Crippen LogP contribution < -0.4 is 5.32 Å². The van der Waals surface area contributed by atoms with Gasteiger partial charge in [0.15, 0.2) is 5.82 Å². The molecule has 2 fully saturated rings. The monoisotopic (exact) mass is 293 g/mol. The summed E-state index contributed by atoms with van der Waals surface area (Å²) in [5, 5.41) is 18.1. The van der Waals surface area contributed by atoms with Crippen LogP contribution in [0.15, 0.2) is 0 Å². The van der Waals surface area contributed by atoms with Crippen LogP contribution in [0, 0.1) is 0 Å². The van der Waals surface area contributed by atoms with Crippen molar-refractivity contribution in [2.75, 3.05) is 19.8 Å². The first kappa shape index (κ1) is 12.7. The van der Waals surface area contributed by atoms with E-state index < -0.39 is 0 Å². The van der Waals surface area contributed by atoms with Crippen LogP contribution in [0.5, 0.6) is 0 Å². The molecule has 2 aliphatic heterocycles. The fourth-order valence-electron chi connectivity index (χ4n) is 3.06. The van der Waals surface area contributed by atoms with E-state index in [1.54, 1.807) is 11.3 Å². The van der Waals surface area contributed by atoms with E-state index in [1.807, 2.05) is 4.52 Å². The van der Waals surface area contributed by atoms with Gasteiger partial charge in [-0.25, -0.2) is 0 Å². The largest absolute Gasteiger partial charge is 0.381 e. The molecule has 6 nitrogen and oxygen atoms in total. The molecular formula is C13H19N5OS. The van der Waals surface area contributed by atoms with E-state index in [4.69, 9.17) is 9.84 Å². The van der Waals surface area contributed by atoms with E-state index in [-0.39, 0.29) is 0 Å². The van der Waals surface area contributed by atoms with Crippen LogP contribution in [-0.4, -0.2) is 39.6 Å². The lowest BCUT2D eigenvalue weighted by Gasteiger charge is -2.21. The van der Waals surface area contributed by atoms with E-state index >= 15 is 0 Å². The lowest BCUT2D eigenvalue weighted by atomic mass is 10.00. The first-order chi connectivity index (χ1) is 9.92. The highest BCUT2D eigenvalue weighted by molar-refractivity contribution is 7.16. The standard InChI is InChI=1S/C13H19N5OS/c1-2-6-14-10(3-1)12-17-18-11(15-16-13(18)20-12)9-4-7-19-8-5-9/h9-10,14H,1-8H2. The van der Waals surface area contributed by atoms with Crippen molar-refractivity contribution in [2.24, 2.45) is 0 Å². The van der Waals surface area contributed by atoms with Gasteiger partial charge in [-0.05, 0) is 32.2 Å². The van der Waals surface area contributed by atoms with Gasteiger partial charge in [-0.3, -0.25) is 0 Å². The summed E-state index contributed by atoms with van der Waals surface area (Å²) in [6, 6.07) is 0.401. The maximum atomic E-state index is 5.42. The smallest absolute Gasteiger partial charge is 0.234 e. The summed E-state index contributed by atoms with van der Waals surface area (Å²) in [5.41, 5.74) is 0. The molecule has 0 saturated carbocycles. The van der Waals surface area contributed by atoms with Crippen molar-refractivity contribution >= 4 is 16.3 Å². The summed E-state index contributed by atoms with van der Waals surface area (Å²) in [5.74, 6) is 1.45. The van der Waals surface area contributed by atoms with Gasteiger partial charge in [0.25, 0.3) is 0 Å². The Balaban J connectivity index is 1.63. The summed E-state index contributed by atoms with van der Waals surface area (Å²) in [7, 11) is 0. The maximum Gasteiger partial charge on any atom is 0.234 e. The average Bonchev–Trinajstić information content (AvgIpc) is 3.09. The molecule has 2 aliphatic rings. The van der Waals surface area contributed by atoms with E-state index in [9.17, 15) is 0 Å². The fourth-order valence-corrected chi connectivity index (χ4v) is 4.02. The summed E-state index contributed by atoms with van der Waals surface area (Å²) in [4.78, 5) is 0.925. The molecule has 20 heavy (non-hydrogen) atoms. The minimum atomic E-state index is 0.401. The number of aromatic nitrogens is 4. The van der Waals surface area contributed by atoms with Crippen LogP contribution in [0.4, 0.5) is 0 Å². The van der Waals surface area contributed by atoms with E-state index in [2.05, 4.69) is 15.5 Å². The van der Waals surface area contributed by atoms with Crippen molar-refractivity contribution in [3.63, 3.8) is 0 Å². The highest BCUT2D eigenvalue weighted by atomic mass is 32.1. The van der Waals surface area contributed by atoms with Crippen molar-refractivity contribution in [3.8, 4) is 0 Å². The third-order valence-electron chi connectivity index (χ3n) is 4.23. The Morgan fingerprint density at radius 3 is 2.85 bits per heavy atom. The molecule has 108 valence electrons. The van der Waals surface area contributed by atoms with Gasteiger partial charge >= 0.3 is 0 Å². The quantitative estimate of drug-likeness (QED) is 0.916. The Bertz CT molecular complexity index is 583. The predicted molar refractivity (Wildman–Crippen MR) is 76.0 cm³/mol. The molecule has 0 amide bonds. The van der Waals surface area contributed by atoms with Crippen LogP contribution in [0.3, 0.4) is 0 Å². The molecule has 1 N–H and O–H groups in total. The molecule has 4 rings (SSSR count). The Morgan fingerprint density at radius 2 is 2.05 bits per heavy atom. The SMILES string of the molecule is C1CCC(c2nn3c(C4CCOCC4)nnc3s2)NC1. The second-order valence-corrected chi connectivity index (χ2v) is 6.57. The van der Waals surface area contributed by atoms with Gasteiger partial charge in [0, 0.05) is 19.1 Å². The summed E-state index contributed by atoms with van der Waals surface area (Å²) >= 11 is 1.67. The Morgan fingerprint density at radius 1 is 1.15 bits per heavy atom. The van der Waals surface area contributed by atoms with Crippen LogP contribution in [0.25, 0.3) is 4.96 Å². The lowest BCUT2D eigenvalue weighted by molar-refractivity contribution is 0.0831. The zero-order valence-corrected chi connectivity index (χ0v) is 12.2. The molecule has 2 aromatic heterocycles. The highest BCUT2D eigenvalue weighted by Gasteiger charge is 2.25. The second-order valence-electron chi connectivity index (χ2n) is 5.58. The van der Waals surface area contributed by atoms with E-state index in [0.717, 1.165) is 48.4 Å². The van der Waals surface area contributed by atoms with Gasteiger partial charge in [-0.15, -0.1) is 10.2 Å². The summed E-state index contributed by atoms with van der Waals surface area (Å²) < 4.78 is 7.39. The number of nitrogens with one attached hydrogen (secondary N) is 1. The minimum absolute atomic E-state index is 0.401. The molecular weight excluding hydrogens is 274 g/mol. The molecule has 4 heterocycles. The Hall–Kier alpha value is -1.05. The molecule has 0 radical (unpaired) electrons. The van der Waals surface area contributed by atoms with Crippen LogP contribution in [-0.2, 0) is 4.74 Å². The lowest BCUT2D eigenvalue weighted by Crippen LogP contribution is -2.26. The molecule has 2 saturated heterocycles. The van der Waals surface area contributed by atoms with Crippen LogP contribution in [0.1, 0.15) is 54.9 Å². The number of hydrogen-bond acceptors (Lipinski definition) is 6. The van der Waals surface area contributed by atoms with E-state index in [0.29, 0.717) is 12.0 Å². The highest BCUT2D eigenvalue weighted by Crippen LogP contribution is 2.30. The normalized spacial score (nSPS) is 25.3. The summed E-state index contributed by atoms with van der Waals surface area (Å²) in [6.07, 6.45) is 5.78. The zero-order chi connectivity index (χ0) is 13.4. The molecule has 0 aromatic carbocycles. The molecule has 2 aromatic rings. The second kappa shape index (κ2) is 5.38. The molecule has 1 atom stereocenters. The number of nitrogens with zero attached hydrogens (tertiary/aromatic N) is 4. The average molecular weight is 293 g/mol. The van der Waals surface area contributed by atoms with Crippen LogP contribution >= 0.6 is 11.3 Å². The Kier molecular flexibility index (Phi) is 3.41. The van der Waals surface area contributed by atoms with Gasteiger partial charge in [-0.1, -0.05) is 17.8 Å². The number of rotatable bonds is 2. The number of hydrogen-bond donors (Lipinski definition) is 1. The van der Waals surface area contributed by atoms with Crippen molar-refractivity contribution in [2.45, 2.75) is 44.1 Å². The predicted octanol–water partition coefficient (Wildman–Crippen LogP) is 1.89. The molecule has 0 spiro atoms. The van der Waals surface area contributed by atoms with Crippen molar-refractivity contribution < 1.29 is 4.74 Å². The molecule has 0 bridgehead atoms. The van der Waals surface area contributed by atoms with Crippen LogP contribution in [0.2, 0.25) is 0 Å². The van der Waals surface area contributed by atoms with Crippen molar-refractivity contribution in [1.82, 2.24) is 25.1 Å². The van der Waals surface area contributed by atoms with Gasteiger partial charge < -0.3 is 10.1 Å². The third-order valence-corrected chi connectivity index (χ3v) is 5.24. The van der Waals surface area contributed by atoms with E-state index in [1.165, 1.54) is 19.3 Å². The van der Waals surface area contributed by atoms with Gasteiger partial charge in [0.2, 0.25) is 4.96 Å². The van der Waals surface area contributed by atoms with Gasteiger partial charge in [-0.2, -0.15) is 9.61 Å². The Labute approximate surface area is 121 Å². The molecule has 7 heteroatoms. The van der Waals surface area contributed by atoms with Crippen molar-refractivity contribution in [3.05, 3.63) is 10.8 Å². The number of fused-ring (bicyclic) bond motifs is 1. The third kappa shape index (κ3) is 2.23. The number of piperidine rings is 1. The van der Waals surface area contributed by atoms with Gasteiger partial charge in [0.1, 0.15) is 5.01 Å². The topological polar surface area (TPSA) is 64.3 Å². The van der Waals surface area contributed by atoms with Crippen molar-refractivity contribution in [1.29, 1.82) is 0 Å². The minimum Gasteiger partial charge on any atom is -0.381 e. The number of ether oxygens (including phenoxy) is 1. The summed E-state index contributed by atoms with van der Waals surface area (Å²) in [6.45, 7) is 2.74. The first-order valence-corrected chi connectivity index (χ1v) is 8.26. The first-order valence-electron chi connectivity index (χ1n) is 7.45. The maximum absolute atomic E-state index is 5.42. The molecule has 0 aliphatic carbocycles. The fraction of sp³-hybridized carbons (Fsp3) is 0.769. The molecule has 1 unspecified atom stereocenters.